The molecule has 0 unspecified atom stereocenters. The molecule has 1 aromatic heterocycles. The molecule has 29 heavy (non-hydrogen) atoms. The molecule has 9 heteroatoms. The van der Waals surface area contributed by atoms with Crippen LogP contribution in [0.3, 0.4) is 0 Å². The molecule has 150 valence electrons. The van der Waals surface area contributed by atoms with E-state index >= 15 is 0 Å². The van der Waals surface area contributed by atoms with E-state index in [1.54, 1.807) is 42.5 Å². The van der Waals surface area contributed by atoms with Crippen LogP contribution in [0.15, 0.2) is 76.2 Å². The van der Waals surface area contributed by atoms with Gasteiger partial charge in [-0.15, -0.1) is 0 Å². The molecule has 0 radical (unpaired) electrons. The summed E-state index contributed by atoms with van der Waals surface area (Å²) in [7, 11) is -3.65. The molecule has 7 nitrogen and oxygen atoms in total. The van der Waals surface area contributed by atoms with E-state index in [1.165, 1.54) is 24.5 Å². The second-order valence-corrected chi connectivity index (χ2v) is 8.58. The van der Waals surface area contributed by atoms with E-state index < -0.39 is 27.4 Å². The van der Waals surface area contributed by atoms with Crippen molar-refractivity contribution in [2.45, 2.75) is 17.1 Å². The first-order valence-corrected chi connectivity index (χ1v) is 10.6. The maximum absolute atomic E-state index is 12.5. The number of hydrazine groups is 1. The van der Waals surface area contributed by atoms with Crippen LogP contribution in [-0.2, 0) is 26.8 Å². The Bertz CT molecular complexity index is 1110. The van der Waals surface area contributed by atoms with Crippen molar-refractivity contribution < 1.29 is 22.4 Å². The van der Waals surface area contributed by atoms with Gasteiger partial charge < -0.3 is 4.42 Å². The smallest absolute Gasteiger partial charge is 0.305 e. The van der Waals surface area contributed by atoms with Gasteiger partial charge in [0.1, 0.15) is 0 Å². The average Bonchev–Trinajstić information content (AvgIpc) is 3.16. The number of halogens is 1. The lowest BCUT2D eigenvalue weighted by molar-refractivity contribution is -0.121. The fourth-order valence-corrected chi connectivity index (χ4v) is 4.08. The number of sulfone groups is 1. The molecule has 0 bridgehead atoms. The summed E-state index contributed by atoms with van der Waals surface area (Å²) < 4.78 is 30.2. The van der Waals surface area contributed by atoms with Gasteiger partial charge in [-0.1, -0.05) is 41.9 Å². The third-order valence-corrected chi connectivity index (χ3v) is 5.93. The Kier molecular flexibility index (Phi) is 6.36. The van der Waals surface area contributed by atoms with Gasteiger partial charge in [-0.3, -0.25) is 20.4 Å². The zero-order valence-electron chi connectivity index (χ0n) is 15.1. The summed E-state index contributed by atoms with van der Waals surface area (Å²) >= 11 is 5.80. The Hall–Kier alpha value is -3.10. The van der Waals surface area contributed by atoms with Gasteiger partial charge in [-0.05, 0) is 35.9 Å². The number of nitrogens with one attached hydrogen (secondary N) is 2. The van der Waals surface area contributed by atoms with Crippen LogP contribution in [0.4, 0.5) is 0 Å². The van der Waals surface area contributed by atoms with Gasteiger partial charge in [0.05, 0.1) is 23.3 Å². The number of hydrogen-bond donors (Lipinski definition) is 2. The number of furan rings is 1. The Balaban J connectivity index is 1.62. The Morgan fingerprint density at radius 1 is 0.931 bits per heavy atom. The molecule has 0 aliphatic heterocycles. The lowest BCUT2D eigenvalue weighted by atomic mass is 10.1. The van der Waals surface area contributed by atoms with Crippen LogP contribution in [0.5, 0.6) is 0 Å². The number of carbonyl (C=O) groups excluding carboxylic acids is 2. The van der Waals surface area contributed by atoms with E-state index in [4.69, 9.17) is 16.0 Å². The highest BCUT2D eigenvalue weighted by Crippen LogP contribution is 2.19. The van der Waals surface area contributed by atoms with Gasteiger partial charge in [-0.2, -0.15) is 0 Å². The summed E-state index contributed by atoms with van der Waals surface area (Å²) in [6.07, 6.45) is 1.26. The molecule has 3 rings (SSSR count). The molecule has 2 aromatic carbocycles. The van der Waals surface area contributed by atoms with Crippen molar-refractivity contribution >= 4 is 33.3 Å². The van der Waals surface area contributed by atoms with Gasteiger partial charge >= 0.3 is 5.91 Å². The zero-order valence-corrected chi connectivity index (χ0v) is 16.7. The molecule has 0 spiro atoms. The van der Waals surface area contributed by atoms with Gasteiger partial charge in [0.15, 0.2) is 15.6 Å². The van der Waals surface area contributed by atoms with Crippen LogP contribution in [0.1, 0.15) is 21.7 Å². The van der Waals surface area contributed by atoms with E-state index in [0.717, 1.165) is 0 Å². The molecular weight excluding hydrogens is 416 g/mol. The van der Waals surface area contributed by atoms with Crippen LogP contribution in [0.2, 0.25) is 5.02 Å². The second kappa shape index (κ2) is 8.93. The quantitative estimate of drug-likeness (QED) is 0.582. The largest absolute Gasteiger partial charge is 0.459 e. The standard InChI is InChI=1S/C20H17ClN2O5S/c21-16-8-6-14(7-9-16)12-18(24)22-23-20(25)19-15(10-11-28-19)13-29(26,27)17-4-2-1-3-5-17/h1-11H,12-13H2,(H,22,24)(H,23,25). The summed E-state index contributed by atoms with van der Waals surface area (Å²) in [6, 6.07) is 16.0. The Labute approximate surface area is 172 Å². The highest BCUT2D eigenvalue weighted by molar-refractivity contribution is 7.90. The summed E-state index contributed by atoms with van der Waals surface area (Å²) in [5.41, 5.74) is 5.41. The second-order valence-electron chi connectivity index (χ2n) is 6.15. The van der Waals surface area contributed by atoms with E-state index in [0.29, 0.717) is 10.6 Å². The summed E-state index contributed by atoms with van der Waals surface area (Å²) in [5, 5.41) is 0.554. The van der Waals surface area contributed by atoms with E-state index in [9.17, 15) is 18.0 Å². The van der Waals surface area contributed by atoms with Gasteiger partial charge in [0.25, 0.3) is 0 Å². The zero-order chi connectivity index (χ0) is 20.9. The minimum Gasteiger partial charge on any atom is -0.459 e. The maximum Gasteiger partial charge on any atom is 0.305 e. The molecule has 0 atom stereocenters. The first kappa shape index (κ1) is 20.6. The number of carbonyl (C=O) groups is 2. The summed E-state index contributed by atoms with van der Waals surface area (Å²) in [4.78, 5) is 24.4. The maximum atomic E-state index is 12.5. The summed E-state index contributed by atoms with van der Waals surface area (Å²) in [6.45, 7) is 0. The van der Waals surface area contributed by atoms with Crippen molar-refractivity contribution in [3.05, 3.63) is 88.8 Å². The third kappa shape index (κ3) is 5.46. The van der Waals surface area contributed by atoms with Crippen molar-refractivity contribution in [1.29, 1.82) is 0 Å². The predicted molar refractivity (Wildman–Crippen MR) is 107 cm³/mol. The number of benzene rings is 2. The molecule has 1 heterocycles. The molecule has 0 aliphatic rings. The van der Waals surface area contributed by atoms with E-state index in [1.807, 2.05) is 0 Å². The van der Waals surface area contributed by atoms with Gasteiger partial charge in [0, 0.05) is 10.6 Å². The lowest BCUT2D eigenvalue weighted by Gasteiger charge is -2.08. The fourth-order valence-electron chi connectivity index (χ4n) is 2.58. The van der Waals surface area contributed by atoms with E-state index in [2.05, 4.69) is 10.9 Å². The van der Waals surface area contributed by atoms with Crippen LogP contribution in [0, 0.1) is 0 Å². The monoisotopic (exact) mass is 432 g/mol. The fraction of sp³-hybridized carbons (Fsp3) is 0.100. The molecule has 3 aromatic rings. The molecule has 2 amide bonds. The van der Waals surface area contributed by atoms with Crippen molar-refractivity contribution in [2.24, 2.45) is 0 Å². The average molecular weight is 433 g/mol. The van der Waals surface area contributed by atoms with Crippen molar-refractivity contribution in [3.63, 3.8) is 0 Å². The van der Waals surface area contributed by atoms with Crippen molar-refractivity contribution in [3.8, 4) is 0 Å². The molecule has 0 fully saturated rings. The first-order chi connectivity index (χ1) is 13.8. The lowest BCUT2D eigenvalue weighted by Crippen LogP contribution is -2.42. The van der Waals surface area contributed by atoms with Crippen LogP contribution in [-0.4, -0.2) is 20.2 Å². The topological polar surface area (TPSA) is 105 Å². The molecule has 0 saturated heterocycles. The number of amides is 2. The van der Waals surface area contributed by atoms with Crippen molar-refractivity contribution in [2.75, 3.05) is 0 Å². The Morgan fingerprint density at radius 3 is 2.31 bits per heavy atom. The first-order valence-electron chi connectivity index (χ1n) is 8.53. The predicted octanol–water partition coefficient (Wildman–Crippen LogP) is 2.91. The SMILES string of the molecule is O=C(Cc1ccc(Cl)cc1)NNC(=O)c1occc1CS(=O)(=O)c1ccccc1. The molecule has 2 N–H and O–H groups in total. The number of rotatable bonds is 6. The third-order valence-electron chi connectivity index (χ3n) is 3.99. The van der Waals surface area contributed by atoms with Crippen molar-refractivity contribution in [1.82, 2.24) is 10.9 Å². The minimum absolute atomic E-state index is 0.0326. The highest BCUT2D eigenvalue weighted by Gasteiger charge is 2.22. The normalized spacial score (nSPS) is 11.1. The highest BCUT2D eigenvalue weighted by atomic mass is 35.5. The minimum atomic E-state index is -3.65. The van der Waals surface area contributed by atoms with Crippen LogP contribution in [0.25, 0.3) is 0 Å². The number of hydrogen-bond acceptors (Lipinski definition) is 5. The summed E-state index contributed by atoms with van der Waals surface area (Å²) in [5.74, 6) is -1.80. The van der Waals surface area contributed by atoms with E-state index in [-0.39, 0.29) is 22.6 Å². The van der Waals surface area contributed by atoms with Gasteiger partial charge in [0.2, 0.25) is 5.91 Å². The van der Waals surface area contributed by atoms with Gasteiger partial charge in [-0.25, -0.2) is 8.42 Å². The molecule has 0 aliphatic carbocycles. The molecular formula is C20H17ClN2O5S. The Morgan fingerprint density at radius 2 is 1.62 bits per heavy atom. The van der Waals surface area contributed by atoms with Crippen LogP contribution < -0.4 is 10.9 Å². The van der Waals surface area contributed by atoms with Crippen LogP contribution >= 0.6 is 11.6 Å². The molecule has 0 saturated carbocycles.